The van der Waals surface area contributed by atoms with E-state index in [1.54, 1.807) is 0 Å². The Bertz CT molecular complexity index is 349. The van der Waals surface area contributed by atoms with Gasteiger partial charge in [-0.15, -0.1) is 11.3 Å². The van der Waals surface area contributed by atoms with Crippen LogP contribution < -0.4 is 0 Å². The van der Waals surface area contributed by atoms with E-state index in [4.69, 9.17) is 5.26 Å². The molecule has 0 bridgehead atoms. The van der Waals surface area contributed by atoms with Crippen LogP contribution in [-0.2, 0) is 10.8 Å². The molecule has 0 aromatic carbocycles. The van der Waals surface area contributed by atoms with Gasteiger partial charge in [0.15, 0.2) is 0 Å². The van der Waals surface area contributed by atoms with E-state index in [1.807, 2.05) is 31.4 Å². The van der Waals surface area contributed by atoms with Crippen LogP contribution in [0.4, 0.5) is 0 Å². The van der Waals surface area contributed by atoms with Gasteiger partial charge in [0.1, 0.15) is 0 Å². The van der Waals surface area contributed by atoms with Gasteiger partial charge in [-0.2, -0.15) is 5.26 Å². The molecule has 0 N–H and O–H groups in total. The largest absolute Gasteiger partial charge is 0.254 e. The molecule has 0 radical (unpaired) electrons. The van der Waals surface area contributed by atoms with Gasteiger partial charge in [0.05, 0.1) is 26.5 Å². The molecule has 1 aromatic rings. The Labute approximate surface area is 91.0 Å². The molecule has 14 heavy (non-hydrogen) atoms. The van der Waals surface area contributed by atoms with E-state index >= 15 is 0 Å². The van der Waals surface area contributed by atoms with Gasteiger partial charge in [0.25, 0.3) is 0 Å². The van der Waals surface area contributed by atoms with Crippen LogP contribution in [-0.4, -0.2) is 9.96 Å². The molecule has 1 atom stereocenters. The Morgan fingerprint density at radius 3 is 2.86 bits per heavy atom. The SMILES string of the molecule is CC(C)(C#N)CCS(=O)c1cccs1. The molecule has 0 fully saturated rings. The van der Waals surface area contributed by atoms with Gasteiger partial charge >= 0.3 is 0 Å². The first-order valence-electron chi connectivity index (χ1n) is 4.38. The van der Waals surface area contributed by atoms with Crippen LogP contribution in [0.25, 0.3) is 0 Å². The van der Waals surface area contributed by atoms with Crippen LogP contribution in [0.2, 0.25) is 0 Å². The highest BCUT2D eigenvalue weighted by Crippen LogP contribution is 2.22. The number of hydrogen-bond donors (Lipinski definition) is 0. The molecule has 4 heteroatoms. The molecule has 0 spiro atoms. The summed E-state index contributed by atoms with van der Waals surface area (Å²) in [6, 6.07) is 5.98. The van der Waals surface area contributed by atoms with Crippen molar-refractivity contribution in [2.75, 3.05) is 5.75 Å². The van der Waals surface area contributed by atoms with E-state index in [0.717, 1.165) is 4.21 Å². The Morgan fingerprint density at radius 2 is 2.36 bits per heavy atom. The molecule has 1 heterocycles. The molecular weight excluding hydrogens is 214 g/mol. The predicted octanol–water partition coefficient (Wildman–Crippen LogP) is 2.80. The van der Waals surface area contributed by atoms with E-state index in [1.165, 1.54) is 11.3 Å². The maximum atomic E-state index is 11.7. The topological polar surface area (TPSA) is 40.9 Å². The molecule has 0 saturated carbocycles. The summed E-state index contributed by atoms with van der Waals surface area (Å²) >= 11 is 1.51. The predicted molar refractivity (Wildman–Crippen MR) is 59.6 cm³/mol. The number of hydrogen-bond acceptors (Lipinski definition) is 3. The van der Waals surface area contributed by atoms with Gasteiger partial charge in [-0.3, -0.25) is 4.21 Å². The molecule has 1 rings (SSSR count). The van der Waals surface area contributed by atoms with Crippen molar-refractivity contribution in [3.05, 3.63) is 17.5 Å². The summed E-state index contributed by atoms with van der Waals surface area (Å²) in [4.78, 5) is 0. The summed E-state index contributed by atoms with van der Waals surface area (Å²) in [5, 5.41) is 10.7. The quantitative estimate of drug-likeness (QED) is 0.793. The summed E-state index contributed by atoms with van der Waals surface area (Å²) in [6.07, 6.45) is 0.675. The molecule has 76 valence electrons. The minimum absolute atomic E-state index is 0.368. The fourth-order valence-corrected chi connectivity index (χ4v) is 3.32. The lowest BCUT2D eigenvalue weighted by atomic mass is 9.93. The molecule has 1 unspecified atom stereocenters. The zero-order chi connectivity index (χ0) is 10.6. The van der Waals surface area contributed by atoms with Gasteiger partial charge < -0.3 is 0 Å². The molecule has 2 nitrogen and oxygen atoms in total. The first-order valence-corrected chi connectivity index (χ1v) is 6.58. The summed E-state index contributed by atoms with van der Waals surface area (Å²) in [6.45, 7) is 3.75. The Kier molecular flexibility index (Phi) is 3.85. The number of rotatable bonds is 4. The van der Waals surface area contributed by atoms with E-state index in [9.17, 15) is 4.21 Å². The molecule has 1 aromatic heterocycles. The summed E-state index contributed by atoms with van der Waals surface area (Å²) in [5.41, 5.74) is -0.368. The molecule has 0 aliphatic heterocycles. The van der Waals surface area contributed by atoms with E-state index in [0.29, 0.717) is 12.2 Å². The molecule has 0 aliphatic rings. The van der Waals surface area contributed by atoms with Crippen molar-refractivity contribution >= 4 is 22.1 Å². The average Bonchev–Trinajstić information content (AvgIpc) is 2.67. The second-order valence-electron chi connectivity index (χ2n) is 3.73. The fourth-order valence-electron chi connectivity index (χ4n) is 0.897. The summed E-state index contributed by atoms with van der Waals surface area (Å²) < 4.78 is 12.6. The minimum Gasteiger partial charge on any atom is -0.254 e. The van der Waals surface area contributed by atoms with Gasteiger partial charge in [-0.1, -0.05) is 6.07 Å². The van der Waals surface area contributed by atoms with Crippen LogP contribution in [0, 0.1) is 16.7 Å². The van der Waals surface area contributed by atoms with Gasteiger partial charge in [0, 0.05) is 5.75 Å². The third kappa shape index (κ3) is 3.24. The normalized spacial score (nSPS) is 13.5. The van der Waals surface area contributed by atoms with Crippen LogP contribution in [0.5, 0.6) is 0 Å². The van der Waals surface area contributed by atoms with Crippen molar-refractivity contribution in [2.45, 2.75) is 24.5 Å². The number of nitrogens with zero attached hydrogens (tertiary/aromatic N) is 1. The average molecular weight is 227 g/mol. The van der Waals surface area contributed by atoms with E-state index < -0.39 is 10.8 Å². The number of nitriles is 1. The highest BCUT2D eigenvalue weighted by molar-refractivity contribution is 7.87. The Hall–Kier alpha value is -0.660. The van der Waals surface area contributed by atoms with Crippen LogP contribution in [0.3, 0.4) is 0 Å². The zero-order valence-corrected chi connectivity index (χ0v) is 9.95. The second-order valence-corrected chi connectivity index (χ2v) is 6.47. The van der Waals surface area contributed by atoms with Crippen LogP contribution in [0.15, 0.2) is 21.7 Å². The summed E-state index contributed by atoms with van der Waals surface area (Å²) in [5.74, 6) is 0.571. The second kappa shape index (κ2) is 4.72. The van der Waals surface area contributed by atoms with Gasteiger partial charge in [-0.05, 0) is 31.7 Å². The maximum Gasteiger partial charge on any atom is 0.0910 e. The molecular formula is C10H13NOS2. The van der Waals surface area contributed by atoms with Gasteiger partial charge in [-0.25, -0.2) is 0 Å². The lowest BCUT2D eigenvalue weighted by Crippen LogP contribution is -2.12. The maximum absolute atomic E-state index is 11.7. The lowest BCUT2D eigenvalue weighted by Gasteiger charge is -2.13. The zero-order valence-electron chi connectivity index (χ0n) is 8.32. The third-order valence-corrected chi connectivity index (χ3v) is 4.60. The Morgan fingerprint density at radius 1 is 1.64 bits per heavy atom. The molecule has 0 aliphatic carbocycles. The smallest absolute Gasteiger partial charge is 0.0910 e. The van der Waals surface area contributed by atoms with Crippen molar-refractivity contribution in [1.82, 2.24) is 0 Å². The van der Waals surface area contributed by atoms with Crippen molar-refractivity contribution in [3.63, 3.8) is 0 Å². The highest BCUT2D eigenvalue weighted by Gasteiger charge is 2.18. The van der Waals surface area contributed by atoms with Crippen molar-refractivity contribution in [2.24, 2.45) is 5.41 Å². The highest BCUT2D eigenvalue weighted by atomic mass is 32.2. The summed E-state index contributed by atoms with van der Waals surface area (Å²) in [7, 11) is -0.933. The lowest BCUT2D eigenvalue weighted by molar-refractivity contribution is 0.479. The fraction of sp³-hybridized carbons (Fsp3) is 0.500. The first kappa shape index (κ1) is 11.4. The monoisotopic (exact) mass is 227 g/mol. The van der Waals surface area contributed by atoms with E-state index in [-0.39, 0.29) is 5.41 Å². The first-order chi connectivity index (χ1) is 6.55. The molecule has 0 amide bonds. The van der Waals surface area contributed by atoms with E-state index in [2.05, 4.69) is 6.07 Å². The standard InChI is InChI=1S/C10H13NOS2/c1-10(2,8-11)5-7-14(12)9-4-3-6-13-9/h3-4,6H,5,7H2,1-2H3. The van der Waals surface area contributed by atoms with Crippen molar-refractivity contribution < 1.29 is 4.21 Å². The third-order valence-electron chi connectivity index (χ3n) is 1.93. The minimum atomic E-state index is -0.933. The Balaban J connectivity index is 2.49. The van der Waals surface area contributed by atoms with Crippen LogP contribution >= 0.6 is 11.3 Å². The van der Waals surface area contributed by atoms with Crippen LogP contribution in [0.1, 0.15) is 20.3 Å². The number of thiophene rings is 1. The van der Waals surface area contributed by atoms with Crippen molar-refractivity contribution in [1.29, 1.82) is 5.26 Å². The molecule has 0 saturated heterocycles. The van der Waals surface area contributed by atoms with Gasteiger partial charge in [0.2, 0.25) is 0 Å². The van der Waals surface area contributed by atoms with Crippen molar-refractivity contribution in [3.8, 4) is 6.07 Å².